The highest BCUT2D eigenvalue weighted by Crippen LogP contribution is 2.29. The molecule has 1 N–H and O–H groups in total. The number of nitrogens with zero attached hydrogens (tertiary/aromatic N) is 2. The first-order chi connectivity index (χ1) is 4.75. The summed E-state index contributed by atoms with van der Waals surface area (Å²) in [4.78, 5) is 11.6. The van der Waals surface area contributed by atoms with Crippen molar-refractivity contribution in [1.29, 1.82) is 0 Å². The van der Waals surface area contributed by atoms with E-state index in [2.05, 4.69) is 4.40 Å². The Bertz CT molecular complexity index is 173. The quantitative estimate of drug-likeness (QED) is 0.615. The third-order valence-electron chi connectivity index (χ3n) is 0.972. The minimum Gasteiger partial charge on any atom is -0.465 e. The van der Waals surface area contributed by atoms with E-state index in [0.29, 0.717) is 0 Å². The Labute approximate surface area is 66.8 Å². The average Bonchev–Trinajstić information content (AvgIpc) is 2.33. The van der Waals surface area contributed by atoms with Gasteiger partial charge in [0.25, 0.3) is 0 Å². The van der Waals surface area contributed by atoms with Crippen molar-refractivity contribution < 1.29 is 9.90 Å². The number of thioether (sulfide) groups is 1. The normalized spacial score (nSPS) is 23.7. The molecule has 1 atom stereocenters. The topological polar surface area (TPSA) is 52.9 Å². The third kappa shape index (κ3) is 1.38. The molecule has 1 amide bonds. The number of rotatable bonds is 1. The van der Waals surface area contributed by atoms with Gasteiger partial charge in [0.15, 0.2) is 4.71 Å². The zero-order chi connectivity index (χ0) is 7.56. The van der Waals surface area contributed by atoms with E-state index < -0.39 is 6.09 Å². The first kappa shape index (κ1) is 7.74. The summed E-state index contributed by atoms with van der Waals surface area (Å²) in [6, 6.07) is 0. The number of carbonyl (C=O) groups is 1. The molecule has 1 rings (SSSR count). The molecule has 0 aliphatic carbocycles. The van der Waals surface area contributed by atoms with Gasteiger partial charge in [-0.05, 0) is 6.26 Å². The minimum absolute atomic E-state index is 0.0995. The molecule has 0 saturated heterocycles. The Kier molecular flexibility index (Phi) is 2.44. The maximum atomic E-state index is 10.4. The molecule has 0 radical (unpaired) electrons. The van der Waals surface area contributed by atoms with E-state index >= 15 is 0 Å². The summed E-state index contributed by atoms with van der Waals surface area (Å²) in [5, 5.41) is 8.52. The second-order valence-corrected chi connectivity index (χ2v) is 3.64. The summed E-state index contributed by atoms with van der Waals surface area (Å²) in [5.74, 6) is 0. The zero-order valence-corrected chi connectivity index (χ0v) is 6.85. The van der Waals surface area contributed by atoms with Gasteiger partial charge in [0.1, 0.15) is 6.34 Å². The lowest BCUT2D eigenvalue weighted by atomic mass is 10.9. The van der Waals surface area contributed by atoms with E-state index in [4.69, 9.17) is 5.11 Å². The van der Waals surface area contributed by atoms with Crippen molar-refractivity contribution in [3.8, 4) is 0 Å². The number of amides is 1. The van der Waals surface area contributed by atoms with Gasteiger partial charge in [-0.1, -0.05) is 0 Å². The van der Waals surface area contributed by atoms with Gasteiger partial charge in [-0.15, -0.1) is 11.8 Å². The van der Waals surface area contributed by atoms with E-state index in [-0.39, 0.29) is 4.71 Å². The monoisotopic (exact) mass is 178 g/mol. The van der Waals surface area contributed by atoms with Crippen LogP contribution in [0, 0.1) is 0 Å². The second kappa shape index (κ2) is 3.16. The van der Waals surface area contributed by atoms with Crippen LogP contribution in [0.5, 0.6) is 0 Å². The number of hydrogen-bond acceptors (Lipinski definition) is 4. The van der Waals surface area contributed by atoms with Gasteiger partial charge in [0, 0.05) is 11.9 Å². The molecular formula is C4H6N2O2S2. The van der Waals surface area contributed by atoms with E-state index in [1.54, 1.807) is 0 Å². The summed E-state index contributed by atoms with van der Waals surface area (Å²) in [7, 11) is 0. The van der Waals surface area contributed by atoms with Crippen molar-refractivity contribution in [3.05, 3.63) is 0 Å². The smallest absolute Gasteiger partial charge is 0.414 e. The van der Waals surface area contributed by atoms with Gasteiger partial charge < -0.3 is 5.11 Å². The molecule has 1 heterocycles. The Morgan fingerprint density at radius 3 is 3.10 bits per heavy atom. The molecule has 1 aliphatic heterocycles. The molecule has 0 aromatic rings. The molecule has 0 fully saturated rings. The Morgan fingerprint density at radius 2 is 2.70 bits per heavy atom. The number of carboxylic acid groups (broad SMARTS) is 1. The molecule has 0 aromatic carbocycles. The summed E-state index contributed by atoms with van der Waals surface area (Å²) >= 11 is 2.71. The summed E-state index contributed by atoms with van der Waals surface area (Å²) in [6.07, 6.45) is 2.23. The van der Waals surface area contributed by atoms with Crippen molar-refractivity contribution in [1.82, 2.24) is 4.90 Å². The molecule has 4 nitrogen and oxygen atoms in total. The third-order valence-corrected chi connectivity index (χ3v) is 3.06. The molecule has 6 heteroatoms. The van der Waals surface area contributed by atoms with Crippen LogP contribution in [0.4, 0.5) is 4.79 Å². The molecule has 0 bridgehead atoms. The van der Waals surface area contributed by atoms with Crippen molar-refractivity contribution in [2.24, 2.45) is 4.40 Å². The Balaban J connectivity index is 2.57. The highest BCUT2D eigenvalue weighted by molar-refractivity contribution is 8.16. The average molecular weight is 178 g/mol. The molecule has 10 heavy (non-hydrogen) atoms. The highest BCUT2D eigenvalue weighted by atomic mass is 32.2. The largest absolute Gasteiger partial charge is 0.465 e. The molecule has 0 aromatic heterocycles. The van der Waals surface area contributed by atoms with Gasteiger partial charge in [-0.3, -0.25) is 0 Å². The van der Waals surface area contributed by atoms with Crippen LogP contribution in [0.3, 0.4) is 0 Å². The first-order valence-corrected chi connectivity index (χ1v) is 4.61. The summed E-state index contributed by atoms with van der Waals surface area (Å²) in [6.45, 7) is 0. The highest BCUT2D eigenvalue weighted by Gasteiger charge is 2.25. The Hall–Kier alpha value is -0.360. The van der Waals surface area contributed by atoms with Crippen molar-refractivity contribution >= 4 is 36.1 Å². The van der Waals surface area contributed by atoms with Gasteiger partial charge in [-0.25, -0.2) is 14.1 Å². The fourth-order valence-corrected chi connectivity index (χ4v) is 1.90. The lowest BCUT2D eigenvalue weighted by molar-refractivity contribution is 0.174. The van der Waals surface area contributed by atoms with Crippen molar-refractivity contribution in [3.63, 3.8) is 0 Å². The van der Waals surface area contributed by atoms with E-state index in [1.165, 1.54) is 34.9 Å². The van der Waals surface area contributed by atoms with Gasteiger partial charge in [-0.2, -0.15) is 0 Å². The summed E-state index contributed by atoms with van der Waals surface area (Å²) in [5.41, 5.74) is 0. The lowest BCUT2D eigenvalue weighted by Crippen LogP contribution is -2.30. The van der Waals surface area contributed by atoms with E-state index in [1.807, 2.05) is 6.26 Å². The molecule has 56 valence electrons. The molecule has 0 spiro atoms. The van der Waals surface area contributed by atoms with Crippen LogP contribution in [0.2, 0.25) is 0 Å². The predicted octanol–water partition coefficient (Wildman–Crippen LogP) is 1.30. The van der Waals surface area contributed by atoms with Crippen LogP contribution >= 0.6 is 23.7 Å². The SMILES string of the molecule is CSC1SN=CN1C(=O)O. The molecule has 1 unspecified atom stereocenters. The van der Waals surface area contributed by atoms with Gasteiger partial charge in [0.2, 0.25) is 0 Å². The molecular weight excluding hydrogens is 172 g/mol. The maximum absolute atomic E-state index is 10.4. The van der Waals surface area contributed by atoms with Crippen molar-refractivity contribution in [2.45, 2.75) is 4.71 Å². The van der Waals surface area contributed by atoms with Crippen LogP contribution in [0.25, 0.3) is 0 Å². The molecule has 0 saturated carbocycles. The van der Waals surface area contributed by atoms with Crippen LogP contribution in [0.1, 0.15) is 0 Å². The van der Waals surface area contributed by atoms with Crippen LogP contribution in [-0.2, 0) is 0 Å². The van der Waals surface area contributed by atoms with Crippen LogP contribution in [-0.4, -0.2) is 33.4 Å². The molecule has 1 aliphatic rings. The fourth-order valence-electron chi connectivity index (χ4n) is 0.531. The summed E-state index contributed by atoms with van der Waals surface area (Å²) < 4.78 is 3.65. The maximum Gasteiger partial charge on any atom is 0.414 e. The van der Waals surface area contributed by atoms with Gasteiger partial charge in [0.05, 0.1) is 0 Å². The first-order valence-electron chi connectivity index (χ1n) is 2.49. The number of hydrogen-bond donors (Lipinski definition) is 1. The van der Waals surface area contributed by atoms with E-state index in [0.717, 1.165) is 0 Å². The lowest BCUT2D eigenvalue weighted by Gasteiger charge is -2.14. The zero-order valence-electron chi connectivity index (χ0n) is 5.22. The van der Waals surface area contributed by atoms with E-state index in [9.17, 15) is 4.79 Å². The van der Waals surface area contributed by atoms with Gasteiger partial charge >= 0.3 is 6.09 Å². The van der Waals surface area contributed by atoms with Crippen molar-refractivity contribution in [2.75, 3.05) is 6.26 Å². The van der Waals surface area contributed by atoms with Crippen LogP contribution < -0.4 is 0 Å². The second-order valence-electron chi connectivity index (χ2n) is 1.56. The standard InChI is InChI=1S/C4H6N2O2S2/c1-9-4-6(3(7)8)2-5-10-4/h2,4H,1H3,(H,7,8). The Morgan fingerprint density at radius 1 is 2.00 bits per heavy atom. The fraction of sp³-hybridized carbons (Fsp3) is 0.500. The minimum atomic E-state index is -0.951. The predicted molar refractivity (Wildman–Crippen MR) is 43.2 cm³/mol. The van der Waals surface area contributed by atoms with Crippen LogP contribution in [0.15, 0.2) is 4.40 Å².